The molecule has 31 heavy (non-hydrogen) atoms. The van der Waals surface area contributed by atoms with Crippen LogP contribution in [0.15, 0.2) is 84.9 Å². The second-order valence-corrected chi connectivity index (χ2v) is 9.84. The highest BCUT2D eigenvalue weighted by Gasteiger charge is 2.10. The maximum absolute atomic E-state index is 6.29. The van der Waals surface area contributed by atoms with Gasteiger partial charge < -0.3 is 0 Å². The maximum atomic E-state index is 6.29. The Morgan fingerprint density at radius 1 is 0.452 bits per heavy atom. The van der Waals surface area contributed by atoms with E-state index in [1.807, 2.05) is 84.6 Å². The van der Waals surface area contributed by atoms with E-state index in [0.717, 1.165) is 53.9 Å². The van der Waals surface area contributed by atoms with E-state index in [9.17, 15) is 0 Å². The van der Waals surface area contributed by atoms with Crippen molar-refractivity contribution in [2.45, 2.75) is 11.5 Å². The molecule has 0 unspecified atom stereocenters. The Morgan fingerprint density at radius 2 is 0.806 bits per heavy atom. The van der Waals surface area contributed by atoms with Crippen molar-refractivity contribution >= 4 is 58.2 Å². The predicted octanol–water partition coefficient (Wildman–Crippen LogP) is 10.1. The Hall–Kier alpha value is -1.61. The SMILES string of the molecule is Clc1ccc(-c2cc(Cl)ccc2CSCc2ccc(Cl)cc2-c2ccc(Cl)cc2)cc1. The molecule has 4 aromatic rings. The van der Waals surface area contributed by atoms with Gasteiger partial charge in [0.25, 0.3) is 0 Å². The van der Waals surface area contributed by atoms with Crippen molar-refractivity contribution in [3.05, 3.63) is 116 Å². The summed E-state index contributed by atoms with van der Waals surface area (Å²) < 4.78 is 0. The van der Waals surface area contributed by atoms with Gasteiger partial charge in [0.2, 0.25) is 0 Å². The van der Waals surface area contributed by atoms with E-state index in [1.165, 1.54) is 11.1 Å². The van der Waals surface area contributed by atoms with Crippen LogP contribution in [0.25, 0.3) is 22.3 Å². The summed E-state index contributed by atoms with van der Waals surface area (Å²) in [7, 11) is 0. The topological polar surface area (TPSA) is 0 Å². The zero-order valence-corrected chi connectivity index (χ0v) is 20.3. The summed E-state index contributed by atoms with van der Waals surface area (Å²) in [4.78, 5) is 0. The summed E-state index contributed by atoms with van der Waals surface area (Å²) in [6.45, 7) is 0. The molecule has 4 rings (SSSR count). The molecule has 4 aromatic carbocycles. The third kappa shape index (κ3) is 5.80. The van der Waals surface area contributed by atoms with Crippen LogP contribution in [0.1, 0.15) is 11.1 Å². The van der Waals surface area contributed by atoms with Gasteiger partial charge in [0.1, 0.15) is 0 Å². The minimum atomic E-state index is 0.721. The molecule has 0 aromatic heterocycles. The van der Waals surface area contributed by atoms with Crippen molar-refractivity contribution in [2.75, 3.05) is 0 Å². The first kappa shape index (κ1) is 22.6. The molecule has 0 aliphatic rings. The minimum Gasteiger partial charge on any atom is -0.152 e. The molecule has 0 saturated heterocycles. The minimum absolute atomic E-state index is 0.721. The third-order valence-corrected chi connectivity index (χ3v) is 6.97. The molecule has 0 saturated carbocycles. The molecule has 0 aliphatic heterocycles. The fraction of sp³-hybridized carbons (Fsp3) is 0.0769. The predicted molar refractivity (Wildman–Crippen MR) is 139 cm³/mol. The van der Waals surface area contributed by atoms with Crippen LogP contribution in [-0.2, 0) is 11.5 Å². The highest BCUT2D eigenvalue weighted by Crippen LogP contribution is 2.34. The summed E-state index contributed by atoms with van der Waals surface area (Å²) in [6, 6.07) is 27.8. The van der Waals surface area contributed by atoms with Gasteiger partial charge in [-0.05, 0) is 81.9 Å². The van der Waals surface area contributed by atoms with Crippen LogP contribution in [0, 0.1) is 0 Å². The molecule has 0 N–H and O–H groups in total. The first-order valence-electron chi connectivity index (χ1n) is 9.66. The van der Waals surface area contributed by atoms with Crippen molar-refractivity contribution in [2.24, 2.45) is 0 Å². The molecule has 0 fully saturated rings. The molecule has 0 heterocycles. The Morgan fingerprint density at radius 3 is 1.19 bits per heavy atom. The van der Waals surface area contributed by atoms with Crippen molar-refractivity contribution in [3.8, 4) is 22.3 Å². The summed E-state index contributed by atoms with van der Waals surface area (Å²) in [5, 5.41) is 2.89. The average Bonchev–Trinajstić information content (AvgIpc) is 2.77. The summed E-state index contributed by atoms with van der Waals surface area (Å²) in [5.74, 6) is 1.72. The highest BCUT2D eigenvalue weighted by molar-refractivity contribution is 7.97. The van der Waals surface area contributed by atoms with Gasteiger partial charge in [-0.25, -0.2) is 0 Å². The largest absolute Gasteiger partial charge is 0.152 e. The lowest BCUT2D eigenvalue weighted by atomic mass is 10.0. The van der Waals surface area contributed by atoms with Crippen LogP contribution < -0.4 is 0 Å². The van der Waals surface area contributed by atoms with Crippen LogP contribution >= 0.6 is 58.2 Å². The fourth-order valence-corrected chi connectivity index (χ4v) is 5.06. The summed E-state index contributed by atoms with van der Waals surface area (Å²) in [5.41, 5.74) is 6.94. The van der Waals surface area contributed by atoms with Gasteiger partial charge in [-0.15, -0.1) is 0 Å². The lowest BCUT2D eigenvalue weighted by molar-refractivity contribution is 1.36. The van der Waals surface area contributed by atoms with Gasteiger partial charge in [-0.2, -0.15) is 11.8 Å². The van der Waals surface area contributed by atoms with Crippen molar-refractivity contribution in [1.29, 1.82) is 0 Å². The number of thioether (sulfide) groups is 1. The van der Waals surface area contributed by atoms with Crippen LogP contribution in [-0.4, -0.2) is 0 Å². The van der Waals surface area contributed by atoms with Crippen molar-refractivity contribution < 1.29 is 0 Å². The van der Waals surface area contributed by atoms with Crippen molar-refractivity contribution in [1.82, 2.24) is 0 Å². The van der Waals surface area contributed by atoms with Gasteiger partial charge in [0, 0.05) is 31.6 Å². The number of rotatable bonds is 6. The lowest BCUT2D eigenvalue weighted by Crippen LogP contribution is -1.91. The van der Waals surface area contributed by atoms with Crippen LogP contribution in [0.4, 0.5) is 0 Å². The molecule has 0 aliphatic carbocycles. The molecular formula is C26H18Cl4S. The number of hydrogen-bond donors (Lipinski definition) is 0. The van der Waals surface area contributed by atoms with Crippen LogP contribution in [0.2, 0.25) is 20.1 Å². The van der Waals surface area contributed by atoms with E-state index in [-0.39, 0.29) is 0 Å². The molecule has 156 valence electrons. The second kappa shape index (κ2) is 10.3. The monoisotopic (exact) mass is 502 g/mol. The van der Waals surface area contributed by atoms with E-state index in [1.54, 1.807) is 0 Å². The fourth-order valence-electron chi connectivity index (χ4n) is 3.42. The average molecular weight is 504 g/mol. The van der Waals surface area contributed by atoms with E-state index in [2.05, 4.69) is 12.1 Å². The zero-order chi connectivity index (χ0) is 21.8. The van der Waals surface area contributed by atoms with E-state index in [0.29, 0.717) is 0 Å². The molecule has 0 amide bonds. The highest BCUT2D eigenvalue weighted by atomic mass is 35.5. The summed E-state index contributed by atoms with van der Waals surface area (Å²) >= 11 is 26.6. The van der Waals surface area contributed by atoms with E-state index < -0.39 is 0 Å². The van der Waals surface area contributed by atoms with E-state index in [4.69, 9.17) is 46.4 Å². The van der Waals surface area contributed by atoms with Gasteiger partial charge in [0.05, 0.1) is 0 Å². The van der Waals surface area contributed by atoms with Crippen molar-refractivity contribution in [3.63, 3.8) is 0 Å². The lowest BCUT2D eigenvalue weighted by Gasteiger charge is -2.13. The van der Waals surface area contributed by atoms with Gasteiger partial charge in [0.15, 0.2) is 0 Å². The molecule has 5 heteroatoms. The molecule has 0 atom stereocenters. The number of halogens is 4. The zero-order valence-electron chi connectivity index (χ0n) is 16.4. The Labute approximate surface area is 207 Å². The Balaban J connectivity index is 1.55. The van der Waals surface area contributed by atoms with Crippen LogP contribution in [0.5, 0.6) is 0 Å². The number of hydrogen-bond acceptors (Lipinski definition) is 1. The standard InChI is InChI=1S/C26H18Cl4S/c27-21-7-1-17(2-8-21)25-13-23(29)11-5-19(25)15-31-16-20-6-12-24(30)14-26(20)18-3-9-22(28)10-4-18/h1-14H,15-16H2. The molecule has 0 spiro atoms. The normalized spacial score (nSPS) is 11.0. The van der Waals surface area contributed by atoms with E-state index >= 15 is 0 Å². The first-order chi connectivity index (χ1) is 15.0. The van der Waals surface area contributed by atoms with Gasteiger partial charge in [-0.1, -0.05) is 82.8 Å². The van der Waals surface area contributed by atoms with Crippen LogP contribution in [0.3, 0.4) is 0 Å². The third-order valence-electron chi connectivity index (χ3n) is 4.97. The Kier molecular flexibility index (Phi) is 7.53. The van der Waals surface area contributed by atoms with Gasteiger partial charge in [-0.3, -0.25) is 0 Å². The first-order valence-corrected chi connectivity index (χ1v) is 12.3. The maximum Gasteiger partial charge on any atom is 0.0412 e. The smallest absolute Gasteiger partial charge is 0.0412 e. The van der Waals surface area contributed by atoms with Gasteiger partial charge >= 0.3 is 0 Å². The molecular weight excluding hydrogens is 486 g/mol. The second-order valence-electron chi connectivity index (χ2n) is 7.11. The Bertz CT molecular complexity index is 1090. The molecule has 0 bridgehead atoms. The molecule has 0 radical (unpaired) electrons. The molecule has 0 nitrogen and oxygen atoms in total. The number of benzene rings is 4. The quantitative estimate of drug-likeness (QED) is 0.252. The summed E-state index contributed by atoms with van der Waals surface area (Å²) in [6.07, 6.45) is 0.